The van der Waals surface area contributed by atoms with Gasteiger partial charge >= 0.3 is 0 Å². The summed E-state index contributed by atoms with van der Waals surface area (Å²) in [4.78, 5) is 2.33. The predicted molar refractivity (Wildman–Crippen MR) is 68.8 cm³/mol. The average molecular weight is 240 g/mol. The molecule has 0 radical (unpaired) electrons. The third kappa shape index (κ3) is 4.50. The molecule has 17 heavy (non-hydrogen) atoms. The minimum atomic E-state index is 0.523. The van der Waals surface area contributed by atoms with Crippen molar-refractivity contribution >= 4 is 0 Å². The molecule has 98 valence electrons. The molecule has 1 rings (SSSR count). The van der Waals surface area contributed by atoms with Crippen LogP contribution in [0.5, 0.6) is 0 Å². The van der Waals surface area contributed by atoms with Gasteiger partial charge in [0.05, 0.1) is 6.61 Å². The lowest BCUT2D eigenvalue weighted by Gasteiger charge is -2.17. The normalized spacial score (nSPS) is 11.4. The molecule has 0 aliphatic heterocycles. The van der Waals surface area contributed by atoms with Crippen LogP contribution in [0.15, 0.2) is 10.5 Å². The predicted octanol–water partition coefficient (Wildman–Crippen LogP) is 1.91. The summed E-state index contributed by atoms with van der Waals surface area (Å²) >= 11 is 0. The molecule has 0 saturated heterocycles. The monoisotopic (exact) mass is 240 g/mol. The Morgan fingerprint density at radius 1 is 1.35 bits per heavy atom. The third-order valence-corrected chi connectivity index (χ3v) is 2.98. The Kier molecular flexibility index (Phi) is 6.26. The second-order valence-corrected chi connectivity index (χ2v) is 4.08. The molecule has 1 aromatic heterocycles. The van der Waals surface area contributed by atoms with E-state index in [0.717, 1.165) is 43.3 Å². The van der Waals surface area contributed by atoms with E-state index in [-0.39, 0.29) is 0 Å². The van der Waals surface area contributed by atoms with E-state index in [0.29, 0.717) is 13.2 Å². The van der Waals surface area contributed by atoms with Crippen LogP contribution in [-0.2, 0) is 17.9 Å². The quantitative estimate of drug-likeness (QED) is 0.705. The third-order valence-electron chi connectivity index (χ3n) is 2.98. The van der Waals surface area contributed by atoms with E-state index in [1.807, 2.05) is 13.0 Å². The van der Waals surface area contributed by atoms with Gasteiger partial charge in [0.15, 0.2) is 0 Å². The van der Waals surface area contributed by atoms with Crippen LogP contribution in [0.4, 0.5) is 0 Å². The SMILES string of the molecule is CCN(CC)CCOCc1cc(CN)c(C)o1. The number of rotatable bonds is 8. The highest BCUT2D eigenvalue weighted by atomic mass is 16.5. The summed E-state index contributed by atoms with van der Waals surface area (Å²) < 4.78 is 11.1. The number of aryl methyl sites for hydroxylation is 1. The van der Waals surface area contributed by atoms with E-state index in [4.69, 9.17) is 14.9 Å². The van der Waals surface area contributed by atoms with Gasteiger partial charge < -0.3 is 19.8 Å². The van der Waals surface area contributed by atoms with Crippen molar-refractivity contribution in [2.45, 2.75) is 33.9 Å². The van der Waals surface area contributed by atoms with Crippen molar-refractivity contribution in [1.82, 2.24) is 4.90 Å². The lowest BCUT2D eigenvalue weighted by molar-refractivity contribution is 0.0839. The molecule has 2 N–H and O–H groups in total. The van der Waals surface area contributed by atoms with Crippen LogP contribution in [0.1, 0.15) is 30.9 Å². The van der Waals surface area contributed by atoms with E-state index in [9.17, 15) is 0 Å². The van der Waals surface area contributed by atoms with Crippen molar-refractivity contribution in [3.8, 4) is 0 Å². The molecule has 1 heterocycles. The maximum Gasteiger partial charge on any atom is 0.130 e. The molecule has 0 saturated carbocycles. The zero-order chi connectivity index (χ0) is 12.7. The van der Waals surface area contributed by atoms with Gasteiger partial charge in [0.25, 0.3) is 0 Å². The van der Waals surface area contributed by atoms with E-state index in [1.165, 1.54) is 0 Å². The molecule has 0 atom stereocenters. The highest BCUT2D eigenvalue weighted by molar-refractivity contribution is 5.19. The molecular formula is C13H24N2O2. The van der Waals surface area contributed by atoms with Gasteiger partial charge in [-0.25, -0.2) is 0 Å². The minimum absolute atomic E-state index is 0.523. The van der Waals surface area contributed by atoms with Crippen LogP contribution in [0.2, 0.25) is 0 Å². The molecule has 4 nitrogen and oxygen atoms in total. The van der Waals surface area contributed by atoms with Gasteiger partial charge in [-0.2, -0.15) is 0 Å². The first-order valence-corrected chi connectivity index (χ1v) is 6.29. The van der Waals surface area contributed by atoms with Gasteiger partial charge in [-0.15, -0.1) is 0 Å². The van der Waals surface area contributed by atoms with Crippen LogP contribution in [0.3, 0.4) is 0 Å². The Hall–Kier alpha value is -0.840. The fourth-order valence-electron chi connectivity index (χ4n) is 1.77. The molecule has 0 unspecified atom stereocenters. The van der Waals surface area contributed by atoms with Crippen LogP contribution >= 0.6 is 0 Å². The molecule has 0 amide bonds. The van der Waals surface area contributed by atoms with Crippen molar-refractivity contribution in [3.63, 3.8) is 0 Å². The number of nitrogens with zero attached hydrogens (tertiary/aromatic N) is 1. The molecule has 0 fully saturated rings. The molecule has 1 aromatic rings. The van der Waals surface area contributed by atoms with Crippen molar-refractivity contribution in [3.05, 3.63) is 23.2 Å². The van der Waals surface area contributed by atoms with Gasteiger partial charge in [-0.05, 0) is 26.1 Å². The number of furan rings is 1. The molecule has 0 bridgehead atoms. The van der Waals surface area contributed by atoms with Crippen LogP contribution in [-0.4, -0.2) is 31.1 Å². The van der Waals surface area contributed by atoms with Crippen molar-refractivity contribution in [2.75, 3.05) is 26.2 Å². The summed E-state index contributed by atoms with van der Waals surface area (Å²) in [5.41, 5.74) is 6.65. The summed E-state index contributed by atoms with van der Waals surface area (Å²) in [5.74, 6) is 1.76. The topological polar surface area (TPSA) is 51.6 Å². The summed E-state index contributed by atoms with van der Waals surface area (Å²) in [6, 6.07) is 1.98. The summed E-state index contributed by atoms with van der Waals surface area (Å²) in [7, 11) is 0. The van der Waals surface area contributed by atoms with Gasteiger partial charge in [0.2, 0.25) is 0 Å². The lowest BCUT2D eigenvalue weighted by atomic mass is 10.2. The molecule has 0 aromatic carbocycles. The first kappa shape index (κ1) is 14.2. The molecular weight excluding hydrogens is 216 g/mol. The van der Waals surface area contributed by atoms with E-state index < -0.39 is 0 Å². The Balaban J connectivity index is 2.26. The molecule has 0 aliphatic rings. The van der Waals surface area contributed by atoms with Gasteiger partial charge in [-0.3, -0.25) is 0 Å². The number of hydrogen-bond acceptors (Lipinski definition) is 4. The largest absolute Gasteiger partial charge is 0.464 e. The Labute approximate surface area is 104 Å². The number of hydrogen-bond donors (Lipinski definition) is 1. The van der Waals surface area contributed by atoms with E-state index in [2.05, 4.69) is 18.7 Å². The zero-order valence-electron chi connectivity index (χ0n) is 11.2. The fourth-order valence-corrected chi connectivity index (χ4v) is 1.77. The van der Waals surface area contributed by atoms with Gasteiger partial charge in [-0.1, -0.05) is 13.8 Å². The summed E-state index contributed by atoms with van der Waals surface area (Å²) in [5, 5.41) is 0. The van der Waals surface area contributed by atoms with Crippen LogP contribution in [0, 0.1) is 6.92 Å². The van der Waals surface area contributed by atoms with Crippen molar-refractivity contribution in [2.24, 2.45) is 5.73 Å². The second-order valence-electron chi connectivity index (χ2n) is 4.08. The fraction of sp³-hybridized carbons (Fsp3) is 0.692. The van der Waals surface area contributed by atoms with Crippen LogP contribution < -0.4 is 5.73 Å². The van der Waals surface area contributed by atoms with Crippen molar-refractivity contribution in [1.29, 1.82) is 0 Å². The maximum absolute atomic E-state index is 5.59. The number of ether oxygens (including phenoxy) is 1. The smallest absolute Gasteiger partial charge is 0.130 e. The van der Waals surface area contributed by atoms with Gasteiger partial charge in [0.1, 0.15) is 18.1 Å². The maximum atomic E-state index is 5.59. The number of nitrogens with two attached hydrogens (primary N) is 1. The first-order valence-electron chi connectivity index (χ1n) is 6.29. The average Bonchev–Trinajstić information content (AvgIpc) is 2.70. The second kappa shape index (κ2) is 7.48. The zero-order valence-corrected chi connectivity index (χ0v) is 11.2. The molecule has 0 spiro atoms. The van der Waals surface area contributed by atoms with Gasteiger partial charge in [0, 0.05) is 18.7 Å². The van der Waals surface area contributed by atoms with E-state index >= 15 is 0 Å². The molecule has 4 heteroatoms. The Bertz CT molecular complexity index is 319. The lowest BCUT2D eigenvalue weighted by Crippen LogP contribution is -2.26. The first-order chi connectivity index (χ1) is 8.21. The standard InChI is InChI=1S/C13H24N2O2/c1-4-15(5-2)6-7-16-10-13-8-12(9-14)11(3)17-13/h8H,4-7,9-10,14H2,1-3H3. The minimum Gasteiger partial charge on any atom is -0.464 e. The highest BCUT2D eigenvalue weighted by Gasteiger charge is 2.06. The summed E-state index contributed by atoms with van der Waals surface area (Å²) in [6.45, 7) is 11.1. The van der Waals surface area contributed by atoms with E-state index in [1.54, 1.807) is 0 Å². The molecule has 0 aliphatic carbocycles. The van der Waals surface area contributed by atoms with Crippen LogP contribution in [0.25, 0.3) is 0 Å². The Morgan fingerprint density at radius 3 is 2.59 bits per heavy atom. The number of likely N-dealkylation sites (N-methyl/N-ethyl adjacent to an activating group) is 1. The van der Waals surface area contributed by atoms with Crippen molar-refractivity contribution < 1.29 is 9.15 Å². The highest BCUT2D eigenvalue weighted by Crippen LogP contribution is 2.14. The summed E-state index contributed by atoms with van der Waals surface area (Å²) in [6.07, 6.45) is 0. The Morgan fingerprint density at radius 2 is 2.06 bits per heavy atom.